The van der Waals surface area contributed by atoms with Gasteiger partial charge in [0.15, 0.2) is 0 Å². The lowest BCUT2D eigenvalue weighted by Gasteiger charge is -2.35. The molecule has 1 aliphatic rings. The first-order chi connectivity index (χ1) is 15.6. The maximum absolute atomic E-state index is 13.2. The second kappa shape index (κ2) is 10.6. The standard InChI is InChI=1S/C23H22BrN5O2S/c24-17-6-8-18(9-7-17)27-21(30)16-32-22-19(4-3-11-26-22)23(31)29-14-12-28(13-15-29)20-5-1-2-10-25-20/h1-11H,12-16H2,(H,27,30). The first-order valence-corrected chi connectivity index (χ1v) is 12.0. The van der Waals surface area contributed by atoms with Gasteiger partial charge in [-0.25, -0.2) is 9.97 Å². The van der Waals surface area contributed by atoms with Crippen LogP contribution in [-0.2, 0) is 4.79 Å². The smallest absolute Gasteiger partial charge is 0.256 e. The number of anilines is 2. The van der Waals surface area contributed by atoms with Gasteiger partial charge in [0, 0.05) is 48.7 Å². The number of hydrogen-bond donors (Lipinski definition) is 1. The normalized spacial score (nSPS) is 13.7. The lowest BCUT2D eigenvalue weighted by molar-refractivity contribution is -0.113. The van der Waals surface area contributed by atoms with E-state index in [9.17, 15) is 9.59 Å². The second-order valence-electron chi connectivity index (χ2n) is 7.17. The SMILES string of the molecule is O=C(CSc1ncccc1C(=O)N1CCN(c2ccccn2)CC1)Nc1ccc(Br)cc1. The van der Waals surface area contributed by atoms with Crippen molar-refractivity contribution in [2.24, 2.45) is 0 Å². The molecule has 164 valence electrons. The van der Waals surface area contributed by atoms with Crippen LogP contribution in [-0.4, -0.2) is 58.6 Å². The van der Waals surface area contributed by atoms with E-state index in [0.717, 1.165) is 29.1 Å². The van der Waals surface area contributed by atoms with E-state index in [2.05, 4.69) is 36.1 Å². The molecule has 32 heavy (non-hydrogen) atoms. The van der Waals surface area contributed by atoms with Crippen molar-refractivity contribution < 1.29 is 9.59 Å². The van der Waals surface area contributed by atoms with Crippen molar-refractivity contribution in [1.82, 2.24) is 14.9 Å². The van der Waals surface area contributed by atoms with Gasteiger partial charge in [-0.1, -0.05) is 33.8 Å². The minimum atomic E-state index is -0.148. The quantitative estimate of drug-likeness (QED) is 0.505. The summed E-state index contributed by atoms with van der Waals surface area (Å²) in [7, 11) is 0. The molecule has 4 rings (SSSR count). The fourth-order valence-corrected chi connectivity index (χ4v) is 4.43. The Labute approximate surface area is 199 Å². The third-order valence-corrected chi connectivity index (χ3v) is 6.54. The summed E-state index contributed by atoms with van der Waals surface area (Å²) in [6, 6.07) is 16.7. The molecule has 7 nitrogen and oxygen atoms in total. The molecule has 1 aliphatic heterocycles. The monoisotopic (exact) mass is 511 g/mol. The van der Waals surface area contributed by atoms with E-state index in [1.807, 2.05) is 47.4 Å². The van der Waals surface area contributed by atoms with E-state index in [0.29, 0.717) is 23.7 Å². The average molecular weight is 512 g/mol. The number of hydrogen-bond acceptors (Lipinski definition) is 6. The van der Waals surface area contributed by atoms with Gasteiger partial charge in [0.05, 0.1) is 11.3 Å². The van der Waals surface area contributed by atoms with E-state index in [-0.39, 0.29) is 17.6 Å². The van der Waals surface area contributed by atoms with E-state index >= 15 is 0 Å². The number of aromatic nitrogens is 2. The molecule has 3 heterocycles. The molecule has 1 fully saturated rings. The minimum absolute atomic E-state index is 0.0606. The summed E-state index contributed by atoms with van der Waals surface area (Å²) in [5.74, 6) is 0.884. The minimum Gasteiger partial charge on any atom is -0.353 e. The Bertz CT molecular complexity index is 1070. The van der Waals surface area contributed by atoms with E-state index in [4.69, 9.17) is 0 Å². The van der Waals surface area contributed by atoms with Crippen molar-refractivity contribution in [2.45, 2.75) is 5.03 Å². The summed E-state index contributed by atoms with van der Waals surface area (Å²) in [5.41, 5.74) is 1.25. The van der Waals surface area contributed by atoms with Gasteiger partial charge in [0.1, 0.15) is 10.8 Å². The van der Waals surface area contributed by atoms with Crippen LogP contribution in [0, 0.1) is 0 Å². The number of pyridine rings is 2. The highest BCUT2D eigenvalue weighted by atomic mass is 79.9. The molecule has 9 heteroatoms. The Morgan fingerprint density at radius 1 is 0.938 bits per heavy atom. The van der Waals surface area contributed by atoms with Crippen molar-refractivity contribution in [2.75, 3.05) is 42.1 Å². The molecular formula is C23H22BrN5O2S. The molecule has 0 bridgehead atoms. The largest absolute Gasteiger partial charge is 0.353 e. The molecular weight excluding hydrogens is 490 g/mol. The average Bonchev–Trinajstić information content (AvgIpc) is 2.84. The van der Waals surface area contributed by atoms with Gasteiger partial charge in [0.25, 0.3) is 5.91 Å². The van der Waals surface area contributed by atoms with Gasteiger partial charge in [-0.05, 0) is 48.5 Å². The third kappa shape index (κ3) is 5.66. The van der Waals surface area contributed by atoms with Crippen molar-refractivity contribution in [3.63, 3.8) is 0 Å². The van der Waals surface area contributed by atoms with E-state index in [1.54, 1.807) is 24.5 Å². The van der Waals surface area contributed by atoms with Gasteiger partial charge in [-0.15, -0.1) is 0 Å². The first kappa shape index (κ1) is 22.3. The van der Waals surface area contributed by atoms with Gasteiger partial charge < -0.3 is 15.1 Å². The number of benzene rings is 1. The number of piperazine rings is 1. The predicted octanol–water partition coefficient (Wildman–Crippen LogP) is 3.93. The molecule has 3 aromatic rings. The van der Waals surface area contributed by atoms with Crippen molar-refractivity contribution >= 4 is 51.0 Å². The highest BCUT2D eigenvalue weighted by Gasteiger charge is 2.25. The molecule has 0 saturated carbocycles. The number of carbonyl (C=O) groups excluding carboxylic acids is 2. The number of halogens is 1. The van der Waals surface area contributed by atoms with Gasteiger partial charge >= 0.3 is 0 Å². The number of nitrogens with zero attached hydrogens (tertiary/aromatic N) is 4. The molecule has 2 aromatic heterocycles. The maximum Gasteiger partial charge on any atom is 0.256 e. The topological polar surface area (TPSA) is 78.4 Å². The molecule has 1 aromatic carbocycles. The van der Waals surface area contributed by atoms with E-state index in [1.165, 1.54) is 11.8 Å². The van der Waals surface area contributed by atoms with Crippen molar-refractivity contribution in [3.8, 4) is 0 Å². The number of thioether (sulfide) groups is 1. The van der Waals surface area contributed by atoms with Crippen LogP contribution in [0.25, 0.3) is 0 Å². The predicted molar refractivity (Wildman–Crippen MR) is 130 cm³/mol. The van der Waals surface area contributed by atoms with Crippen molar-refractivity contribution in [3.05, 3.63) is 77.0 Å². The van der Waals surface area contributed by atoms with E-state index < -0.39 is 0 Å². The summed E-state index contributed by atoms with van der Waals surface area (Å²) in [6.07, 6.45) is 3.42. The lowest BCUT2D eigenvalue weighted by atomic mass is 10.2. The molecule has 2 amide bonds. The molecule has 0 spiro atoms. The summed E-state index contributed by atoms with van der Waals surface area (Å²) in [6.45, 7) is 2.67. The molecule has 1 N–H and O–H groups in total. The molecule has 1 saturated heterocycles. The Morgan fingerprint density at radius 3 is 2.41 bits per heavy atom. The summed E-state index contributed by atoms with van der Waals surface area (Å²) < 4.78 is 0.947. The number of nitrogens with one attached hydrogen (secondary N) is 1. The van der Waals surface area contributed by atoms with Crippen molar-refractivity contribution in [1.29, 1.82) is 0 Å². The van der Waals surface area contributed by atoms with Crippen LogP contribution in [0.3, 0.4) is 0 Å². The third-order valence-electron chi connectivity index (χ3n) is 5.01. The molecule has 0 aliphatic carbocycles. The fourth-order valence-electron chi connectivity index (χ4n) is 3.38. The molecule has 0 atom stereocenters. The summed E-state index contributed by atoms with van der Waals surface area (Å²) in [4.78, 5) is 38.3. The van der Waals surface area contributed by atoms with Crippen LogP contribution in [0.4, 0.5) is 11.5 Å². The Morgan fingerprint density at radius 2 is 1.69 bits per heavy atom. The summed E-state index contributed by atoms with van der Waals surface area (Å²) >= 11 is 4.64. The lowest BCUT2D eigenvalue weighted by Crippen LogP contribution is -2.49. The van der Waals surface area contributed by atoms with Gasteiger partial charge in [-0.3, -0.25) is 9.59 Å². The van der Waals surface area contributed by atoms with Crippen LogP contribution >= 0.6 is 27.7 Å². The van der Waals surface area contributed by atoms with Crippen LogP contribution in [0.15, 0.2) is 76.5 Å². The maximum atomic E-state index is 13.2. The second-order valence-corrected chi connectivity index (χ2v) is 9.05. The Kier molecular flexibility index (Phi) is 7.39. The molecule has 0 unspecified atom stereocenters. The zero-order valence-corrected chi connectivity index (χ0v) is 19.7. The number of carbonyl (C=O) groups is 2. The highest BCUT2D eigenvalue weighted by Crippen LogP contribution is 2.23. The highest BCUT2D eigenvalue weighted by molar-refractivity contribution is 9.10. The van der Waals surface area contributed by atoms with Crippen LogP contribution in [0.1, 0.15) is 10.4 Å². The zero-order chi connectivity index (χ0) is 22.3. The molecule has 0 radical (unpaired) electrons. The summed E-state index contributed by atoms with van der Waals surface area (Å²) in [5, 5.41) is 3.42. The number of rotatable bonds is 6. The fraction of sp³-hybridized carbons (Fsp3) is 0.217. The Hall–Kier alpha value is -2.91. The van der Waals surface area contributed by atoms with Gasteiger partial charge in [0.2, 0.25) is 5.91 Å². The number of amides is 2. The van der Waals surface area contributed by atoms with Crippen LogP contribution < -0.4 is 10.2 Å². The van der Waals surface area contributed by atoms with Crippen LogP contribution in [0.2, 0.25) is 0 Å². The Balaban J connectivity index is 1.35. The van der Waals surface area contributed by atoms with Crippen LogP contribution in [0.5, 0.6) is 0 Å². The zero-order valence-electron chi connectivity index (χ0n) is 17.3. The first-order valence-electron chi connectivity index (χ1n) is 10.2. The van der Waals surface area contributed by atoms with Gasteiger partial charge in [-0.2, -0.15) is 0 Å².